The Bertz CT molecular complexity index is 376. The van der Waals surface area contributed by atoms with E-state index in [2.05, 4.69) is 10.6 Å². The molecule has 2 N–H and O–H groups in total. The lowest BCUT2D eigenvalue weighted by Crippen LogP contribution is -2.38. The number of thiocarbonyl (C=S) groups is 1. The van der Waals surface area contributed by atoms with Gasteiger partial charge in [0.2, 0.25) is 0 Å². The zero-order valence-corrected chi connectivity index (χ0v) is 10.1. The molecule has 0 saturated heterocycles. The third kappa shape index (κ3) is 3.51. The quantitative estimate of drug-likeness (QED) is 0.780. The van der Waals surface area contributed by atoms with Crippen LogP contribution in [-0.4, -0.2) is 24.7 Å². The van der Waals surface area contributed by atoms with Gasteiger partial charge in [0.15, 0.2) is 5.11 Å². The van der Waals surface area contributed by atoms with Gasteiger partial charge in [-0.25, -0.2) is 0 Å². The molecular weight excluding hydrogens is 224 g/mol. The van der Waals surface area contributed by atoms with Crippen molar-refractivity contribution < 1.29 is 9.53 Å². The number of carbonyl (C=O) groups is 1. The van der Waals surface area contributed by atoms with Crippen molar-refractivity contribution in [3.05, 3.63) is 29.8 Å². The highest BCUT2D eigenvalue weighted by atomic mass is 32.1. The van der Waals surface area contributed by atoms with Crippen LogP contribution in [0, 0.1) is 0 Å². The second-order valence-electron chi connectivity index (χ2n) is 3.04. The number of amides is 1. The molecule has 1 aromatic carbocycles. The summed E-state index contributed by atoms with van der Waals surface area (Å²) >= 11 is 4.91. The largest absolute Gasteiger partial charge is 0.497 e. The molecule has 0 aliphatic rings. The number of rotatable bonds is 3. The first kappa shape index (κ1) is 12.4. The molecule has 0 heterocycles. The lowest BCUT2D eigenvalue weighted by molar-refractivity contribution is 0.0976. The first-order valence-corrected chi connectivity index (χ1v) is 5.31. The molecule has 0 aliphatic heterocycles. The van der Waals surface area contributed by atoms with Crippen LogP contribution in [0.3, 0.4) is 0 Å². The summed E-state index contributed by atoms with van der Waals surface area (Å²) in [7, 11) is 1.58. The summed E-state index contributed by atoms with van der Waals surface area (Å²) in [5.41, 5.74) is 0.543. The molecule has 0 spiro atoms. The lowest BCUT2D eigenvalue weighted by Gasteiger charge is -2.07. The minimum absolute atomic E-state index is 0.228. The molecule has 16 heavy (non-hydrogen) atoms. The van der Waals surface area contributed by atoms with E-state index in [0.717, 1.165) is 0 Å². The smallest absolute Gasteiger partial charge is 0.257 e. The zero-order valence-electron chi connectivity index (χ0n) is 9.24. The minimum atomic E-state index is -0.228. The molecule has 0 radical (unpaired) electrons. The summed E-state index contributed by atoms with van der Waals surface area (Å²) in [5, 5.41) is 5.76. The van der Waals surface area contributed by atoms with Gasteiger partial charge in [0.05, 0.1) is 7.11 Å². The number of benzene rings is 1. The van der Waals surface area contributed by atoms with Crippen LogP contribution in [0.15, 0.2) is 24.3 Å². The second kappa shape index (κ2) is 6.07. The molecule has 0 aromatic heterocycles. The third-order valence-electron chi connectivity index (χ3n) is 1.92. The van der Waals surface area contributed by atoms with Crippen molar-refractivity contribution >= 4 is 23.2 Å². The Kier molecular flexibility index (Phi) is 4.72. The van der Waals surface area contributed by atoms with Crippen LogP contribution in [0.4, 0.5) is 0 Å². The minimum Gasteiger partial charge on any atom is -0.497 e. The number of hydrogen-bond acceptors (Lipinski definition) is 3. The Labute approximate surface area is 100.0 Å². The van der Waals surface area contributed by atoms with Crippen molar-refractivity contribution in [2.75, 3.05) is 13.7 Å². The van der Waals surface area contributed by atoms with Gasteiger partial charge in [-0.1, -0.05) is 0 Å². The highest BCUT2D eigenvalue weighted by Gasteiger charge is 2.06. The molecule has 0 aliphatic carbocycles. The lowest BCUT2D eigenvalue weighted by atomic mass is 10.2. The van der Waals surface area contributed by atoms with Gasteiger partial charge in [0.25, 0.3) is 5.91 Å². The Hall–Kier alpha value is -1.62. The number of carbonyl (C=O) groups excluding carboxylic acids is 1. The zero-order chi connectivity index (χ0) is 12.0. The summed E-state index contributed by atoms with van der Waals surface area (Å²) in [5.74, 6) is 0.486. The fraction of sp³-hybridized carbons (Fsp3) is 0.273. The first-order valence-electron chi connectivity index (χ1n) is 4.90. The summed E-state index contributed by atoms with van der Waals surface area (Å²) in [6.07, 6.45) is 0. The van der Waals surface area contributed by atoms with Crippen LogP contribution in [0.25, 0.3) is 0 Å². The van der Waals surface area contributed by atoms with E-state index >= 15 is 0 Å². The molecule has 0 bridgehead atoms. The standard InChI is InChI=1S/C11H14N2O2S/c1-3-12-11(16)13-10(14)8-4-6-9(15-2)7-5-8/h4-7H,3H2,1-2H3,(H2,12,13,14,16). The maximum atomic E-state index is 11.7. The van der Waals surface area contributed by atoms with Gasteiger partial charge in [-0.05, 0) is 43.4 Å². The SMILES string of the molecule is CCNC(=S)NC(=O)c1ccc(OC)cc1. The average Bonchev–Trinajstić information content (AvgIpc) is 2.29. The van der Waals surface area contributed by atoms with E-state index in [0.29, 0.717) is 23.0 Å². The van der Waals surface area contributed by atoms with Gasteiger partial charge in [-0.2, -0.15) is 0 Å². The maximum absolute atomic E-state index is 11.7. The molecule has 5 heteroatoms. The van der Waals surface area contributed by atoms with Crippen LogP contribution in [0.2, 0.25) is 0 Å². The van der Waals surface area contributed by atoms with Gasteiger partial charge in [-0.3, -0.25) is 10.1 Å². The van der Waals surface area contributed by atoms with E-state index in [9.17, 15) is 4.79 Å². The number of ether oxygens (including phenoxy) is 1. The van der Waals surface area contributed by atoms with Crippen molar-refractivity contribution in [1.82, 2.24) is 10.6 Å². The molecule has 0 atom stereocenters. The molecular formula is C11H14N2O2S. The van der Waals surface area contributed by atoms with Crippen LogP contribution in [0.1, 0.15) is 17.3 Å². The molecule has 1 aromatic rings. The summed E-state index contributed by atoms with van der Waals surface area (Å²) in [4.78, 5) is 11.7. The van der Waals surface area contributed by atoms with Gasteiger partial charge in [0, 0.05) is 12.1 Å². The van der Waals surface area contributed by atoms with Gasteiger partial charge in [-0.15, -0.1) is 0 Å². The van der Waals surface area contributed by atoms with E-state index < -0.39 is 0 Å². The highest BCUT2D eigenvalue weighted by molar-refractivity contribution is 7.80. The predicted octanol–water partition coefficient (Wildman–Crippen LogP) is 1.32. The molecule has 0 saturated carbocycles. The van der Waals surface area contributed by atoms with Crippen molar-refractivity contribution in [1.29, 1.82) is 0 Å². The summed E-state index contributed by atoms with van der Waals surface area (Å²) in [6.45, 7) is 2.59. The van der Waals surface area contributed by atoms with Crippen LogP contribution in [-0.2, 0) is 0 Å². The average molecular weight is 238 g/mol. The van der Waals surface area contributed by atoms with E-state index in [1.807, 2.05) is 6.92 Å². The predicted molar refractivity (Wildman–Crippen MR) is 66.7 cm³/mol. The Balaban J connectivity index is 2.62. The highest BCUT2D eigenvalue weighted by Crippen LogP contribution is 2.10. The van der Waals surface area contributed by atoms with Crippen molar-refractivity contribution in [2.45, 2.75) is 6.92 Å². The van der Waals surface area contributed by atoms with Gasteiger partial charge >= 0.3 is 0 Å². The van der Waals surface area contributed by atoms with Gasteiger partial charge < -0.3 is 10.1 Å². The van der Waals surface area contributed by atoms with E-state index in [4.69, 9.17) is 17.0 Å². The monoisotopic (exact) mass is 238 g/mol. The fourth-order valence-electron chi connectivity index (χ4n) is 1.12. The normalized spacial score (nSPS) is 9.38. The number of hydrogen-bond donors (Lipinski definition) is 2. The second-order valence-corrected chi connectivity index (χ2v) is 3.45. The Morgan fingerprint density at radius 3 is 2.50 bits per heavy atom. The molecule has 1 amide bonds. The van der Waals surface area contributed by atoms with Crippen molar-refractivity contribution in [2.24, 2.45) is 0 Å². The number of nitrogens with one attached hydrogen (secondary N) is 2. The molecule has 1 rings (SSSR count). The van der Waals surface area contributed by atoms with Crippen molar-refractivity contribution in [3.63, 3.8) is 0 Å². The van der Waals surface area contributed by atoms with E-state index in [-0.39, 0.29) is 5.91 Å². The summed E-state index contributed by atoms with van der Waals surface area (Å²) in [6, 6.07) is 6.82. The van der Waals surface area contributed by atoms with Crippen LogP contribution in [0.5, 0.6) is 5.75 Å². The summed E-state index contributed by atoms with van der Waals surface area (Å²) < 4.78 is 5.00. The van der Waals surface area contributed by atoms with Crippen molar-refractivity contribution in [3.8, 4) is 5.75 Å². The van der Waals surface area contributed by atoms with Crippen LogP contribution < -0.4 is 15.4 Å². The molecule has 86 valence electrons. The maximum Gasteiger partial charge on any atom is 0.257 e. The van der Waals surface area contributed by atoms with E-state index in [1.54, 1.807) is 31.4 Å². The Morgan fingerprint density at radius 2 is 2.00 bits per heavy atom. The molecule has 0 unspecified atom stereocenters. The first-order chi connectivity index (χ1) is 7.67. The third-order valence-corrected chi connectivity index (χ3v) is 2.16. The molecule has 4 nitrogen and oxygen atoms in total. The number of methoxy groups -OCH3 is 1. The van der Waals surface area contributed by atoms with E-state index in [1.165, 1.54) is 0 Å². The fourth-order valence-corrected chi connectivity index (χ4v) is 1.36. The van der Waals surface area contributed by atoms with Gasteiger partial charge in [0.1, 0.15) is 5.75 Å². The topological polar surface area (TPSA) is 50.4 Å². The molecule has 0 fully saturated rings. The Morgan fingerprint density at radius 1 is 1.38 bits per heavy atom. The van der Waals surface area contributed by atoms with Crippen LogP contribution >= 0.6 is 12.2 Å².